The Labute approximate surface area is 123 Å². The molecule has 0 heterocycles. The Kier molecular flexibility index (Phi) is 2.81. The summed E-state index contributed by atoms with van der Waals surface area (Å²) in [6.45, 7) is 5.94. The van der Waals surface area contributed by atoms with Gasteiger partial charge >= 0.3 is 0 Å². The molecule has 0 radical (unpaired) electrons. The lowest BCUT2D eigenvalue weighted by atomic mass is 9.64. The maximum Gasteiger partial charge on any atom is 0.231 e. The van der Waals surface area contributed by atoms with E-state index >= 15 is 0 Å². The van der Waals surface area contributed by atoms with E-state index in [2.05, 4.69) is 5.32 Å². The normalized spacial score (nSPS) is 33.2. The van der Waals surface area contributed by atoms with Crippen molar-refractivity contribution in [1.82, 2.24) is 0 Å². The molecule has 3 rings (SSSR count). The fourth-order valence-corrected chi connectivity index (χ4v) is 4.17. The summed E-state index contributed by atoms with van der Waals surface area (Å²) in [5.74, 6) is -0.528. The van der Waals surface area contributed by atoms with E-state index in [4.69, 9.17) is 0 Å². The SMILES string of the molecule is CC1(C)[C@]2(C(=O)Nc3ccccc3F)CC[C@@]1(C)C(=O)C2. The summed E-state index contributed by atoms with van der Waals surface area (Å²) < 4.78 is 13.7. The van der Waals surface area contributed by atoms with Gasteiger partial charge in [-0.3, -0.25) is 9.59 Å². The number of anilines is 1. The number of ketones is 1. The number of benzene rings is 1. The van der Waals surface area contributed by atoms with E-state index in [1.165, 1.54) is 6.07 Å². The molecule has 4 heteroatoms. The van der Waals surface area contributed by atoms with Gasteiger partial charge in [0, 0.05) is 11.8 Å². The molecule has 3 nitrogen and oxygen atoms in total. The van der Waals surface area contributed by atoms with Gasteiger partial charge in [0.05, 0.1) is 11.1 Å². The first-order chi connectivity index (χ1) is 9.74. The zero-order chi connectivity index (χ0) is 15.5. The van der Waals surface area contributed by atoms with Crippen molar-refractivity contribution in [3.8, 4) is 0 Å². The minimum absolute atomic E-state index is 0.155. The van der Waals surface area contributed by atoms with Crippen LogP contribution >= 0.6 is 0 Å². The minimum Gasteiger partial charge on any atom is -0.323 e. The minimum atomic E-state index is -0.721. The first kappa shape index (κ1) is 14.2. The van der Waals surface area contributed by atoms with Crippen LogP contribution in [0.25, 0.3) is 0 Å². The molecular formula is C17H20FNO2. The van der Waals surface area contributed by atoms with E-state index in [0.29, 0.717) is 6.42 Å². The molecule has 1 aromatic carbocycles. The highest BCUT2D eigenvalue weighted by Gasteiger charge is 2.72. The van der Waals surface area contributed by atoms with E-state index in [0.717, 1.165) is 6.42 Å². The van der Waals surface area contributed by atoms with Crippen molar-refractivity contribution in [1.29, 1.82) is 0 Å². The second kappa shape index (κ2) is 4.15. The fraction of sp³-hybridized carbons (Fsp3) is 0.529. The Bertz CT molecular complexity index is 639. The van der Waals surface area contributed by atoms with Crippen LogP contribution in [0.1, 0.15) is 40.0 Å². The number of amides is 1. The number of fused-ring (bicyclic) bond motifs is 2. The predicted octanol–water partition coefficient (Wildman–Crippen LogP) is 3.55. The van der Waals surface area contributed by atoms with Gasteiger partial charge in [-0.15, -0.1) is 0 Å². The summed E-state index contributed by atoms with van der Waals surface area (Å²) >= 11 is 0. The summed E-state index contributed by atoms with van der Waals surface area (Å²) in [4.78, 5) is 25.2. The molecule has 2 bridgehead atoms. The van der Waals surface area contributed by atoms with Crippen LogP contribution in [0, 0.1) is 22.1 Å². The van der Waals surface area contributed by atoms with E-state index in [-0.39, 0.29) is 23.8 Å². The monoisotopic (exact) mass is 289 g/mol. The molecule has 112 valence electrons. The van der Waals surface area contributed by atoms with E-state index in [9.17, 15) is 14.0 Å². The summed E-state index contributed by atoms with van der Waals surface area (Å²) in [7, 11) is 0. The largest absolute Gasteiger partial charge is 0.323 e. The van der Waals surface area contributed by atoms with E-state index in [1.807, 2.05) is 20.8 Å². The standard InChI is InChI=1S/C17H20FNO2/c1-15(2)16(3)8-9-17(15,10-13(16)20)14(21)19-12-7-5-4-6-11(12)18/h4-7H,8-10H2,1-3H3,(H,19,21)/t16-,17+/m0/s1. The predicted molar refractivity (Wildman–Crippen MR) is 78.2 cm³/mol. The number of nitrogens with one attached hydrogen (secondary N) is 1. The van der Waals surface area contributed by atoms with Crippen molar-refractivity contribution in [2.75, 3.05) is 5.32 Å². The van der Waals surface area contributed by atoms with Crippen molar-refractivity contribution in [2.45, 2.75) is 40.0 Å². The van der Waals surface area contributed by atoms with Crippen LogP contribution in [0.5, 0.6) is 0 Å². The topological polar surface area (TPSA) is 46.2 Å². The molecule has 0 aromatic heterocycles. The van der Waals surface area contributed by atoms with Crippen LogP contribution in [-0.2, 0) is 9.59 Å². The van der Waals surface area contributed by atoms with Crippen LogP contribution in [0.15, 0.2) is 24.3 Å². The molecule has 0 spiro atoms. The number of hydrogen-bond acceptors (Lipinski definition) is 2. The maximum atomic E-state index is 13.7. The van der Waals surface area contributed by atoms with Crippen molar-refractivity contribution in [2.24, 2.45) is 16.2 Å². The van der Waals surface area contributed by atoms with Crippen molar-refractivity contribution < 1.29 is 14.0 Å². The van der Waals surface area contributed by atoms with E-state index in [1.54, 1.807) is 18.2 Å². The molecule has 2 fully saturated rings. The van der Waals surface area contributed by atoms with Crippen LogP contribution < -0.4 is 5.32 Å². The second-order valence-electron chi connectivity index (χ2n) is 7.07. The lowest BCUT2D eigenvalue weighted by Gasteiger charge is -2.38. The average molecular weight is 289 g/mol. The Morgan fingerprint density at radius 3 is 2.38 bits per heavy atom. The number of para-hydroxylation sites is 1. The molecule has 0 aliphatic heterocycles. The number of halogens is 1. The number of hydrogen-bond donors (Lipinski definition) is 1. The lowest BCUT2D eigenvalue weighted by molar-refractivity contribution is -0.131. The summed E-state index contributed by atoms with van der Waals surface area (Å²) in [6.07, 6.45) is 1.67. The van der Waals surface area contributed by atoms with Gasteiger partial charge in [0.25, 0.3) is 0 Å². The molecule has 2 aliphatic rings. The first-order valence-electron chi connectivity index (χ1n) is 7.34. The lowest BCUT2D eigenvalue weighted by Crippen LogP contribution is -2.43. The van der Waals surface area contributed by atoms with Crippen LogP contribution in [0.4, 0.5) is 10.1 Å². The second-order valence-corrected chi connectivity index (χ2v) is 7.07. The van der Waals surface area contributed by atoms with Gasteiger partial charge in [-0.25, -0.2) is 4.39 Å². The van der Waals surface area contributed by atoms with Crippen molar-refractivity contribution in [3.63, 3.8) is 0 Å². The fourth-order valence-electron chi connectivity index (χ4n) is 4.17. The van der Waals surface area contributed by atoms with Gasteiger partial charge in [-0.2, -0.15) is 0 Å². The summed E-state index contributed by atoms with van der Waals surface area (Å²) in [5.41, 5.74) is -1.40. The number of rotatable bonds is 2. The van der Waals surface area contributed by atoms with Crippen LogP contribution in [-0.4, -0.2) is 11.7 Å². The third kappa shape index (κ3) is 1.59. The molecule has 0 unspecified atom stereocenters. The van der Waals surface area contributed by atoms with Gasteiger partial charge in [0.15, 0.2) is 0 Å². The molecule has 1 N–H and O–H groups in total. The van der Waals surface area contributed by atoms with Gasteiger partial charge < -0.3 is 5.32 Å². The van der Waals surface area contributed by atoms with Gasteiger partial charge in [0.2, 0.25) is 5.91 Å². The molecule has 0 saturated heterocycles. The highest BCUT2D eigenvalue weighted by molar-refractivity contribution is 6.04. The van der Waals surface area contributed by atoms with Crippen molar-refractivity contribution in [3.05, 3.63) is 30.1 Å². The van der Waals surface area contributed by atoms with Gasteiger partial charge in [0.1, 0.15) is 11.6 Å². The Hall–Kier alpha value is -1.71. The van der Waals surface area contributed by atoms with Crippen LogP contribution in [0.2, 0.25) is 0 Å². The van der Waals surface area contributed by atoms with Gasteiger partial charge in [-0.05, 0) is 30.4 Å². The third-order valence-electron chi connectivity index (χ3n) is 6.26. The number of carbonyl (C=O) groups excluding carboxylic acids is 2. The Balaban J connectivity index is 1.96. The van der Waals surface area contributed by atoms with E-state index < -0.39 is 22.1 Å². The molecule has 21 heavy (non-hydrogen) atoms. The molecule has 1 aromatic rings. The maximum absolute atomic E-state index is 13.7. The highest BCUT2D eigenvalue weighted by atomic mass is 19.1. The zero-order valence-corrected chi connectivity index (χ0v) is 12.6. The summed E-state index contributed by atoms with van der Waals surface area (Å²) in [5, 5.41) is 2.70. The smallest absolute Gasteiger partial charge is 0.231 e. The summed E-state index contributed by atoms with van der Waals surface area (Å²) in [6, 6.07) is 6.12. The molecule has 2 aliphatic carbocycles. The number of Topliss-reactive ketones (excluding diaryl/α,β-unsaturated/α-hetero) is 1. The van der Waals surface area contributed by atoms with Crippen molar-refractivity contribution >= 4 is 17.4 Å². The Morgan fingerprint density at radius 2 is 1.86 bits per heavy atom. The third-order valence-corrected chi connectivity index (χ3v) is 6.26. The molecule has 2 saturated carbocycles. The van der Waals surface area contributed by atoms with Gasteiger partial charge in [-0.1, -0.05) is 32.9 Å². The molecule has 1 amide bonds. The zero-order valence-electron chi connectivity index (χ0n) is 12.6. The van der Waals surface area contributed by atoms with Crippen LogP contribution in [0.3, 0.4) is 0 Å². The highest BCUT2D eigenvalue weighted by Crippen LogP contribution is 2.70. The number of carbonyl (C=O) groups is 2. The Morgan fingerprint density at radius 1 is 1.19 bits per heavy atom. The quantitative estimate of drug-likeness (QED) is 0.905. The molecular weight excluding hydrogens is 269 g/mol. The average Bonchev–Trinajstić information content (AvgIpc) is 2.72. The first-order valence-corrected chi connectivity index (χ1v) is 7.34. The molecule has 2 atom stereocenters.